The van der Waals surface area contributed by atoms with Gasteiger partial charge in [-0.15, -0.1) is 0 Å². The number of ketones is 1. The molecule has 0 radical (unpaired) electrons. The molecule has 0 spiro atoms. The Balaban J connectivity index is 1.78. The standard InChI is InChI=1S/C23H19BrN2O3/c1-25-22(28)17-6-4-5-15(13-17)14-26-23(29)20-8-3-2-7-19(20)21(27)16-9-11-18(24)12-10-16/h2-13H,14H2,1H3,(H,25,28)(H,26,29). The first-order chi connectivity index (χ1) is 14.0. The van der Waals surface area contributed by atoms with Crippen LogP contribution in [0.2, 0.25) is 0 Å². The maximum Gasteiger partial charge on any atom is 0.252 e. The third-order valence-corrected chi connectivity index (χ3v) is 4.92. The molecule has 0 atom stereocenters. The monoisotopic (exact) mass is 450 g/mol. The van der Waals surface area contributed by atoms with Gasteiger partial charge in [-0.1, -0.05) is 46.3 Å². The smallest absolute Gasteiger partial charge is 0.252 e. The van der Waals surface area contributed by atoms with Gasteiger partial charge in [0.05, 0.1) is 5.56 Å². The third kappa shape index (κ3) is 4.97. The molecule has 0 unspecified atom stereocenters. The summed E-state index contributed by atoms with van der Waals surface area (Å²) in [7, 11) is 1.57. The average Bonchev–Trinajstić information content (AvgIpc) is 2.77. The van der Waals surface area contributed by atoms with Gasteiger partial charge in [-0.3, -0.25) is 14.4 Å². The van der Waals surface area contributed by atoms with E-state index in [9.17, 15) is 14.4 Å². The molecule has 0 heterocycles. The van der Waals surface area contributed by atoms with E-state index in [1.807, 2.05) is 6.07 Å². The van der Waals surface area contributed by atoms with Gasteiger partial charge in [0.2, 0.25) is 0 Å². The predicted octanol–water partition coefficient (Wildman–Crippen LogP) is 3.97. The topological polar surface area (TPSA) is 75.3 Å². The predicted molar refractivity (Wildman–Crippen MR) is 115 cm³/mol. The summed E-state index contributed by atoms with van der Waals surface area (Å²) < 4.78 is 0.874. The first-order valence-electron chi connectivity index (χ1n) is 8.98. The van der Waals surface area contributed by atoms with Crippen molar-refractivity contribution < 1.29 is 14.4 Å². The molecule has 3 rings (SSSR count). The summed E-state index contributed by atoms with van der Waals surface area (Å²) in [5.74, 6) is -0.759. The molecule has 29 heavy (non-hydrogen) atoms. The lowest BCUT2D eigenvalue weighted by molar-refractivity contribution is 0.0939. The van der Waals surface area contributed by atoms with Crippen molar-refractivity contribution in [2.45, 2.75) is 6.54 Å². The second-order valence-electron chi connectivity index (χ2n) is 6.34. The first kappa shape index (κ1) is 20.5. The number of hydrogen-bond acceptors (Lipinski definition) is 3. The van der Waals surface area contributed by atoms with Crippen molar-refractivity contribution in [1.82, 2.24) is 10.6 Å². The summed E-state index contributed by atoms with van der Waals surface area (Å²) in [6, 6.07) is 20.7. The summed E-state index contributed by atoms with van der Waals surface area (Å²) >= 11 is 3.35. The van der Waals surface area contributed by atoms with Gasteiger partial charge in [-0.25, -0.2) is 0 Å². The third-order valence-electron chi connectivity index (χ3n) is 4.39. The zero-order chi connectivity index (χ0) is 20.8. The number of amides is 2. The van der Waals surface area contributed by atoms with Crippen molar-refractivity contribution in [2.24, 2.45) is 0 Å². The Morgan fingerprint density at radius 3 is 2.17 bits per heavy atom. The molecule has 0 fully saturated rings. The van der Waals surface area contributed by atoms with Crippen molar-refractivity contribution in [3.63, 3.8) is 0 Å². The van der Waals surface area contributed by atoms with E-state index in [0.29, 0.717) is 22.3 Å². The molecule has 0 aliphatic carbocycles. The maximum atomic E-state index is 12.9. The number of hydrogen-bond donors (Lipinski definition) is 2. The van der Waals surface area contributed by atoms with E-state index in [0.717, 1.165) is 10.0 Å². The van der Waals surface area contributed by atoms with Crippen LogP contribution in [-0.4, -0.2) is 24.6 Å². The van der Waals surface area contributed by atoms with Crippen LogP contribution in [0.15, 0.2) is 77.3 Å². The molecular formula is C23H19BrN2O3. The van der Waals surface area contributed by atoms with Gasteiger partial charge in [-0.2, -0.15) is 0 Å². The highest BCUT2D eigenvalue weighted by atomic mass is 79.9. The van der Waals surface area contributed by atoms with E-state index in [-0.39, 0.29) is 24.1 Å². The molecular weight excluding hydrogens is 432 g/mol. The van der Waals surface area contributed by atoms with Gasteiger partial charge in [-0.05, 0) is 48.0 Å². The van der Waals surface area contributed by atoms with Crippen LogP contribution >= 0.6 is 15.9 Å². The Bertz CT molecular complexity index is 1060. The minimum absolute atomic E-state index is 0.191. The Labute approximate surface area is 177 Å². The van der Waals surface area contributed by atoms with Crippen molar-refractivity contribution in [3.8, 4) is 0 Å². The van der Waals surface area contributed by atoms with E-state index in [1.165, 1.54) is 0 Å². The van der Waals surface area contributed by atoms with Crippen LogP contribution in [0.25, 0.3) is 0 Å². The molecule has 3 aromatic carbocycles. The molecule has 0 bridgehead atoms. The van der Waals surface area contributed by atoms with E-state index in [2.05, 4.69) is 26.6 Å². The lowest BCUT2D eigenvalue weighted by Gasteiger charge is -2.10. The van der Waals surface area contributed by atoms with Gasteiger partial charge in [0.1, 0.15) is 0 Å². The first-order valence-corrected chi connectivity index (χ1v) is 9.77. The fraction of sp³-hybridized carbons (Fsp3) is 0.0870. The number of rotatable bonds is 6. The maximum absolute atomic E-state index is 12.9. The SMILES string of the molecule is CNC(=O)c1cccc(CNC(=O)c2ccccc2C(=O)c2ccc(Br)cc2)c1. The molecule has 2 N–H and O–H groups in total. The number of carbonyl (C=O) groups excluding carboxylic acids is 3. The summed E-state index contributed by atoms with van der Waals surface area (Å²) in [4.78, 5) is 37.4. The normalized spacial score (nSPS) is 10.3. The molecule has 0 saturated carbocycles. The minimum Gasteiger partial charge on any atom is -0.355 e. The molecule has 5 nitrogen and oxygen atoms in total. The summed E-state index contributed by atoms with van der Waals surface area (Å²) in [5.41, 5.74) is 2.46. The molecule has 146 valence electrons. The second kappa shape index (κ2) is 9.30. The molecule has 3 aromatic rings. The molecule has 0 aromatic heterocycles. The quantitative estimate of drug-likeness (QED) is 0.557. The average molecular weight is 451 g/mol. The van der Waals surface area contributed by atoms with Crippen LogP contribution in [0, 0.1) is 0 Å². The number of benzene rings is 3. The van der Waals surface area contributed by atoms with Crippen LogP contribution in [0.4, 0.5) is 0 Å². The number of nitrogens with one attached hydrogen (secondary N) is 2. The summed E-state index contributed by atoms with van der Waals surface area (Å²) in [6.07, 6.45) is 0. The molecule has 0 saturated heterocycles. The largest absolute Gasteiger partial charge is 0.355 e. The molecule has 0 aliphatic heterocycles. The van der Waals surface area contributed by atoms with E-state index in [1.54, 1.807) is 73.8 Å². The van der Waals surface area contributed by atoms with Gasteiger partial charge in [0, 0.05) is 34.8 Å². The Kier molecular flexibility index (Phi) is 6.57. The molecule has 2 amide bonds. The minimum atomic E-state index is -0.351. The van der Waals surface area contributed by atoms with Gasteiger partial charge >= 0.3 is 0 Å². The van der Waals surface area contributed by atoms with Crippen LogP contribution in [0.1, 0.15) is 42.2 Å². The van der Waals surface area contributed by atoms with Gasteiger partial charge in [0.15, 0.2) is 5.78 Å². The van der Waals surface area contributed by atoms with Gasteiger partial charge in [0.25, 0.3) is 11.8 Å². The van der Waals surface area contributed by atoms with Crippen LogP contribution < -0.4 is 10.6 Å². The second-order valence-corrected chi connectivity index (χ2v) is 7.26. The Morgan fingerprint density at radius 2 is 1.48 bits per heavy atom. The highest BCUT2D eigenvalue weighted by Gasteiger charge is 2.18. The van der Waals surface area contributed by atoms with E-state index < -0.39 is 0 Å². The number of carbonyl (C=O) groups is 3. The fourth-order valence-electron chi connectivity index (χ4n) is 2.88. The molecule has 6 heteroatoms. The zero-order valence-corrected chi connectivity index (χ0v) is 17.3. The highest BCUT2D eigenvalue weighted by molar-refractivity contribution is 9.10. The van der Waals surface area contributed by atoms with Crippen molar-refractivity contribution in [2.75, 3.05) is 7.05 Å². The highest BCUT2D eigenvalue weighted by Crippen LogP contribution is 2.17. The Hall–Kier alpha value is -3.25. The van der Waals surface area contributed by atoms with Crippen molar-refractivity contribution >= 4 is 33.5 Å². The van der Waals surface area contributed by atoms with Gasteiger partial charge < -0.3 is 10.6 Å². The van der Waals surface area contributed by atoms with Crippen LogP contribution in [0.5, 0.6) is 0 Å². The molecule has 0 aliphatic rings. The van der Waals surface area contributed by atoms with E-state index >= 15 is 0 Å². The van der Waals surface area contributed by atoms with Crippen molar-refractivity contribution in [1.29, 1.82) is 0 Å². The van der Waals surface area contributed by atoms with Crippen LogP contribution in [-0.2, 0) is 6.54 Å². The Morgan fingerprint density at radius 1 is 0.793 bits per heavy atom. The van der Waals surface area contributed by atoms with E-state index in [4.69, 9.17) is 0 Å². The lowest BCUT2D eigenvalue weighted by atomic mass is 9.98. The van der Waals surface area contributed by atoms with Crippen molar-refractivity contribution in [3.05, 3.63) is 105 Å². The summed E-state index contributed by atoms with van der Waals surface area (Å²) in [5, 5.41) is 5.40. The summed E-state index contributed by atoms with van der Waals surface area (Å²) in [6.45, 7) is 0.241. The number of halogens is 1. The fourth-order valence-corrected chi connectivity index (χ4v) is 3.14. The lowest BCUT2D eigenvalue weighted by Crippen LogP contribution is -2.25. The van der Waals surface area contributed by atoms with Crippen LogP contribution in [0.3, 0.4) is 0 Å². The zero-order valence-electron chi connectivity index (χ0n) is 15.7.